The van der Waals surface area contributed by atoms with Crippen molar-refractivity contribution in [3.05, 3.63) is 0 Å². The predicted molar refractivity (Wildman–Crippen MR) is 55.2 cm³/mol. The maximum atomic E-state index is 12.2. The third kappa shape index (κ3) is 3.92. The molecule has 0 saturated carbocycles. The fraction of sp³-hybridized carbons (Fsp3) is 1.00. The fourth-order valence-corrected chi connectivity index (χ4v) is 2.02. The molecule has 0 aromatic heterocycles. The zero-order valence-electron chi connectivity index (χ0n) is 9.67. The summed E-state index contributed by atoms with van der Waals surface area (Å²) < 4.78 is 36.7. The van der Waals surface area contributed by atoms with Crippen molar-refractivity contribution in [1.82, 2.24) is 9.80 Å². The number of hydrogen-bond donors (Lipinski definition) is 1. The van der Waals surface area contributed by atoms with Crippen LogP contribution in [0.5, 0.6) is 0 Å². The first-order chi connectivity index (χ1) is 7.30. The monoisotopic (exact) mass is 240 g/mol. The van der Waals surface area contributed by atoms with Crippen molar-refractivity contribution in [2.75, 3.05) is 33.2 Å². The molecule has 0 aromatic rings. The summed E-state index contributed by atoms with van der Waals surface area (Å²) in [5.41, 5.74) is 0. The van der Waals surface area contributed by atoms with Gasteiger partial charge in [-0.05, 0) is 33.5 Å². The van der Waals surface area contributed by atoms with Crippen LogP contribution in [0, 0.1) is 0 Å². The van der Waals surface area contributed by atoms with Gasteiger partial charge in [0.25, 0.3) is 0 Å². The zero-order chi connectivity index (χ0) is 12.3. The Kier molecular flexibility index (Phi) is 4.58. The molecule has 2 atom stereocenters. The first kappa shape index (κ1) is 13.7. The molecule has 1 aliphatic heterocycles. The summed E-state index contributed by atoms with van der Waals surface area (Å²) in [5.74, 6) is 0. The minimum atomic E-state index is -4.52. The molecule has 3 nitrogen and oxygen atoms in total. The lowest BCUT2D eigenvalue weighted by atomic mass is 10.2. The van der Waals surface area contributed by atoms with Crippen LogP contribution in [0.2, 0.25) is 0 Å². The fourth-order valence-electron chi connectivity index (χ4n) is 2.02. The molecule has 16 heavy (non-hydrogen) atoms. The van der Waals surface area contributed by atoms with Crippen molar-refractivity contribution in [3.8, 4) is 0 Å². The number of β-amino-alcohol motifs (C(OH)–C–C–N with tert-alkyl or cyclic N) is 1. The maximum Gasteiger partial charge on any atom is 0.415 e. The van der Waals surface area contributed by atoms with E-state index in [0.717, 1.165) is 19.5 Å². The van der Waals surface area contributed by atoms with Crippen LogP contribution in [0.1, 0.15) is 13.3 Å². The average molecular weight is 240 g/mol. The van der Waals surface area contributed by atoms with E-state index in [1.54, 1.807) is 4.90 Å². The van der Waals surface area contributed by atoms with Crippen LogP contribution in [0.25, 0.3) is 0 Å². The predicted octanol–water partition coefficient (Wildman–Crippen LogP) is 0.936. The Hall–Kier alpha value is -0.330. The van der Waals surface area contributed by atoms with Gasteiger partial charge >= 0.3 is 6.18 Å². The van der Waals surface area contributed by atoms with Crippen LogP contribution in [-0.4, -0.2) is 66.5 Å². The normalized spacial score (nSPS) is 27.8. The smallest absolute Gasteiger partial charge is 0.382 e. The highest BCUT2D eigenvalue weighted by molar-refractivity contribution is 4.79. The van der Waals surface area contributed by atoms with Gasteiger partial charge in [-0.25, -0.2) is 0 Å². The van der Waals surface area contributed by atoms with Gasteiger partial charge in [-0.15, -0.1) is 0 Å². The van der Waals surface area contributed by atoms with E-state index in [-0.39, 0.29) is 12.6 Å². The van der Waals surface area contributed by atoms with E-state index in [9.17, 15) is 13.2 Å². The first-order valence-electron chi connectivity index (χ1n) is 5.48. The molecule has 6 heteroatoms. The number of nitrogens with zero attached hydrogens (tertiary/aromatic N) is 2. The minimum Gasteiger partial charge on any atom is -0.382 e. The summed E-state index contributed by atoms with van der Waals surface area (Å²) in [4.78, 5) is 3.81. The average Bonchev–Trinajstić information content (AvgIpc) is 2.27. The number of likely N-dealkylation sites (N-methyl/N-ethyl adjacent to an activating group) is 1. The molecule has 0 aromatic carbocycles. The molecule has 1 aliphatic rings. The standard InChI is InChI=1S/C10H19F3N2O/c1-8-6-14(2)4-3-5-15(8)7-9(16)10(11,12)13/h8-9,16H,3-7H2,1-2H3. The molecule has 0 bridgehead atoms. The van der Waals surface area contributed by atoms with Crippen molar-refractivity contribution in [1.29, 1.82) is 0 Å². The van der Waals surface area contributed by atoms with E-state index in [1.807, 2.05) is 14.0 Å². The maximum absolute atomic E-state index is 12.2. The summed E-state index contributed by atoms with van der Waals surface area (Å²) in [7, 11) is 1.96. The summed E-state index contributed by atoms with van der Waals surface area (Å²) in [6, 6.07) is 0.0458. The Morgan fingerprint density at radius 3 is 2.56 bits per heavy atom. The van der Waals surface area contributed by atoms with Gasteiger partial charge in [-0.2, -0.15) is 13.2 Å². The summed E-state index contributed by atoms with van der Waals surface area (Å²) >= 11 is 0. The molecule has 1 saturated heterocycles. The highest BCUT2D eigenvalue weighted by atomic mass is 19.4. The lowest BCUT2D eigenvalue weighted by Gasteiger charge is -2.30. The van der Waals surface area contributed by atoms with Crippen LogP contribution >= 0.6 is 0 Å². The lowest BCUT2D eigenvalue weighted by Crippen LogP contribution is -2.46. The highest BCUT2D eigenvalue weighted by Crippen LogP contribution is 2.22. The van der Waals surface area contributed by atoms with Crippen LogP contribution in [0.4, 0.5) is 13.2 Å². The molecular formula is C10H19F3N2O. The molecule has 0 radical (unpaired) electrons. The van der Waals surface area contributed by atoms with Crippen LogP contribution in [-0.2, 0) is 0 Å². The molecular weight excluding hydrogens is 221 g/mol. The van der Waals surface area contributed by atoms with Gasteiger partial charge in [0.15, 0.2) is 6.10 Å². The third-order valence-corrected chi connectivity index (χ3v) is 2.97. The van der Waals surface area contributed by atoms with E-state index in [4.69, 9.17) is 5.11 Å². The van der Waals surface area contributed by atoms with Gasteiger partial charge in [0.2, 0.25) is 0 Å². The highest BCUT2D eigenvalue weighted by Gasteiger charge is 2.39. The molecule has 0 spiro atoms. The molecule has 0 aliphatic carbocycles. The number of aliphatic hydroxyl groups is 1. The Morgan fingerprint density at radius 2 is 2.00 bits per heavy atom. The van der Waals surface area contributed by atoms with E-state index in [2.05, 4.69) is 4.90 Å². The van der Waals surface area contributed by atoms with E-state index in [0.29, 0.717) is 6.54 Å². The van der Waals surface area contributed by atoms with Crippen molar-refractivity contribution in [2.24, 2.45) is 0 Å². The van der Waals surface area contributed by atoms with E-state index in [1.165, 1.54) is 0 Å². The van der Waals surface area contributed by atoms with Crippen molar-refractivity contribution in [2.45, 2.75) is 31.7 Å². The van der Waals surface area contributed by atoms with Gasteiger partial charge in [-0.3, -0.25) is 4.90 Å². The van der Waals surface area contributed by atoms with Crippen molar-refractivity contribution >= 4 is 0 Å². The minimum absolute atomic E-state index is 0.0458. The summed E-state index contributed by atoms with van der Waals surface area (Å²) in [6.07, 6.45) is -5.91. The van der Waals surface area contributed by atoms with Crippen molar-refractivity contribution in [3.63, 3.8) is 0 Å². The van der Waals surface area contributed by atoms with Crippen molar-refractivity contribution < 1.29 is 18.3 Å². The molecule has 1 N–H and O–H groups in total. The third-order valence-electron chi connectivity index (χ3n) is 2.97. The quantitative estimate of drug-likeness (QED) is 0.778. The number of hydrogen-bond acceptors (Lipinski definition) is 3. The number of alkyl halides is 3. The summed E-state index contributed by atoms with van der Waals surface area (Å²) in [5, 5.41) is 9.03. The van der Waals surface area contributed by atoms with Gasteiger partial charge < -0.3 is 10.0 Å². The lowest BCUT2D eigenvalue weighted by molar-refractivity contribution is -0.209. The zero-order valence-corrected chi connectivity index (χ0v) is 9.67. The summed E-state index contributed by atoms with van der Waals surface area (Å²) in [6.45, 7) is 3.82. The molecule has 96 valence electrons. The van der Waals surface area contributed by atoms with Gasteiger partial charge in [0.1, 0.15) is 0 Å². The van der Waals surface area contributed by atoms with Gasteiger partial charge in [0.05, 0.1) is 0 Å². The van der Waals surface area contributed by atoms with Gasteiger partial charge in [-0.1, -0.05) is 0 Å². The van der Waals surface area contributed by atoms with Crippen LogP contribution < -0.4 is 0 Å². The number of halogens is 3. The second kappa shape index (κ2) is 5.33. The largest absolute Gasteiger partial charge is 0.415 e. The van der Waals surface area contributed by atoms with E-state index < -0.39 is 12.3 Å². The molecule has 1 rings (SSSR count). The molecule has 1 fully saturated rings. The second-order valence-electron chi connectivity index (χ2n) is 4.52. The molecule has 2 unspecified atom stereocenters. The first-order valence-corrected chi connectivity index (χ1v) is 5.48. The Balaban J connectivity index is 2.52. The molecule has 0 amide bonds. The van der Waals surface area contributed by atoms with E-state index >= 15 is 0 Å². The number of rotatable bonds is 2. The second-order valence-corrected chi connectivity index (χ2v) is 4.52. The Morgan fingerprint density at radius 1 is 1.38 bits per heavy atom. The SMILES string of the molecule is CC1CN(C)CCCN1CC(O)C(F)(F)F. The Bertz CT molecular complexity index is 223. The Labute approximate surface area is 93.8 Å². The molecule has 1 heterocycles. The number of aliphatic hydroxyl groups excluding tert-OH is 1. The van der Waals surface area contributed by atoms with Crippen LogP contribution in [0.3, 0.4) is 0 Å². The topological polar surface area (TPSA) is 26.7 Å². The van der Waals surface area contributed by atoms with Crippen LogP contribution in [0.15, 0.2) is 0 Å². The van der Waals surface area contributed by atoms with Gasteiger partial charge in [0, 0.05) is 19.1 Å².